The number of aromatic nitrogens is 4. The largest absolute Gasteiger partial charge is 0.465 e. The van der Waals surface area contributed by atoms with Crippen LogP contribution < -0.4 is 5.73 Å². The van der Waals surface area contributed by atoms with E-state index in [-0.39, 0.29) is 30.8 Å². The number of rotatable bonds is 6. The van der Waals surface area contributed by atoms with Crippen molar-refractivity contribution < 1.29 is 23.7 Å². The fourth-order valence-corrected chi connectivity index (χ4v) is 3.89. The number of nitrogen functional groups attached to an aromatic ring is 1. The van der Waals surface area contributed by atoms with Crippen LogP contribution in [0.4, 0.5) is 5.82 Å². The van der Waals surface area contributed by atoms with Crippen LogP contribution in [0.5, 0.6) is 0 Å². The first kappa shape index (κ1) is 20.0. The number of nitrogens with two attached hydrogens (primary N) is 1. The van der Waals surface area contributed by atoms with Gasteiger partial charge in [0.1, 0.15) is 30.2 Å². The van der Waals surface area contributed by atoms with E-state index in [2.05, 4.69) is 15.0 Å². The maximum atomic E-state index is 11.8. The monoisotopic (exact) mass is 406 g/mol. The van der Waals surface area contributed by atoms with Crippen molar-refractivity contribution in [1.82, 2.24) is 24.4 Å². The summed E-state index contributed by atoms with van der Waals surface area (Å²) in [6.45, 7) is 6.51. The smallest absolute Gasteiger partial charge is 0.320 e. The molecule has 0 aromatic carbocycles. The second kappa shape index (κ2) is 7.48. The molecule has 2 aromatic rings. The molecule has 158 valence electrons. The van der Waals surface area contributed by atoms with Crippen molar-refractivity contribution in [3.63, 3.8) is 0 Å². The van der Waals surface area contributed by atoms with Crippen molar-refractivity contribution in [3.8, 4) is 0 Å². The van der Waals surface area contributed by atoms with Crippen molar-refractivity contribution >= 4 is 23.0 Å². The average molecular weight is 406 g/mol. The van der Waals surface area contributed by atoms with E-state index in [0.717, 1.165) is 0 Å². The van der Waals surface area contributed by atoms with Gasteiger partial charge in [-0.2, -0.15) is 0 Å². The van der Waals surface area contributed by atoms with E-state index in [1.807, 2.05) is 25.8 Å². The Bertz CT molecular complexity index is 902. The van der Waals surface area contributed by atoms with Crippen LogP contribution in [0.15, 0.2) is 12.7 Å². The molecule has 0 radical (unpaired) electrons. The molecule has 4 heterocycles. The Hall–Kier alpha value is -2.34. The summed E-state index contributed by atoms with van der Waals surface area (Å²) >= 11 is 0. The van der Waals surface area contributed by atoms with Crippen molar-refractivity contribution in [3.05, 3.63) is 12.7 Å². The summed E-state index contributed by atoms with van der Waals surface area (Å²) in [6.07, 6.45) is 1.53. The number of imidazole rings is 1. The molecule has 1 unspecified atom stereocenters. The van der Waals surface area contributed by atoms with Crippen LogP contribution in [0.3, 0.4) is 0 Å². The van der Waals surface area contributed by atoms with Crippen LogP contribution in [0.25, 0.3) is 11.2 Å². The third-order valence-corrected chi connectivity index (χ3v) is 4.98. The van der Waals surface area contributed by atoms with Gasteiger partial charge in [-0.3, -0.25) is 14.3 Å². The Morgan fingerprint density at radius 2 is 2.07 bits per heavy atom. The topological polar surface area (TPSA) is 127 Å². The van der Waals surface area contributed by atoms with Gasteiger partial charge in [0, 0.05) is 6.54 Å². The summed E-state index contributed by atoms with van der Waals surface area (Å²) < 4.78 is 25.4. The van der Waals surface area contributed by atoms with E-state index in [1.165, 1.54) is 6.33 Å². The van der Waals surface area contributed by atoms with Gasteiger partial charge in [-0.15, -0.1) is 0 Å². The van der Waals surface area contributed by atoms with Gasteiger partial charge < -0.3 is 24.7 Å². The van der Waals surface area contributed by atoms with E-state index < -0.39 is 12.0 Å². The fraction of sp³-hybridized carbons (Fsp3) is 0.667. The van der Waals surface area contributed by atoms with E-state index in [0.29, 0.717) is 30.1 Å². The number of anilines is 1. The summed E-state index contributed by atoms with van der Waals surface area (Å²) in [5.41, 5.74) is 6.98. The molecule has 2 fully saturated rings. The van der Waals surface area contributed by atoms with Crippen LogP contribution >= 0.6 is 0 Å². The summed E-state index contributed by atoms with van der Waals surface area (Å²) in [5.74, 6) is -0.726. The molecule has 4 atom stereocenters. The molecule has 4 rings (SSSR count). The third-order valence-electron chi connectivity index (χ3n) is 4.98. The molecule has 2 aliphatic rings. The summed E-state index contributed by atoms with van der Waals surface area (Å²) in [7, 11) is 1.84. The van der Waals surface area contributed by atoms with Gasteiger partial charge in [-0.25, -0.2) is 15.0 Å². The lowest BCUT2D eigenvalue weighted by Crippen LogP contribution is -2.40. The van der Waals surface area contributed by atoms with Crippen LogP contribution in [0.2, 0.25) is 0 Å². The zero-order valence-corrected chi connectivity index (χ0v) is 16.9. The second-order valence-electron chi connectivity index (χ2n) is 7.71. The molecule has 0 aliphatic carbocycles. The van der Waals surface area contributed by atoms with Crippen molar-refractivity contribution in [2.75, 3.05) is 32.5 Å². The zero-order valence-electron chi connectivity index (χ0n) is 16.9. The van der Waals surface area contributed by atoms with Crippen LogP contribution in [0.1, 0.15) is 27.0 Å². The lowest BCUT2D eigenvalue weighted by molar-refractivity contribution is -0.197. The number of carbonyl (C=O) groups is 1. The molecule has 2 saturated heterocycles. The molecule has 0 saturated carbocycles. The molecule has 2 aliphatic heterocycles. The number of fused-ring (bicyclic) bond motifs is 2. The Morgan fingerprint density at radius 1 is 1.31 bits per heavy atom. The average Bonchev–Trinajstić information content (AvgIpc) is 3.28. The van der Waals surface area contributed by atoms with Gasteiger partial charge in [0.05, 0.1) is 19.5 Å². The zero-order chi connectivity index (χ0) is 20.8. The Balaban J connectivity index is 1.57. The summed E-state index contributed by atoms with van der Waals surface area (Å²) in [4.78, 5) is 26.2. The fourth-order valence-electron chi connectivity index (χ4n) is 3.89. The van der Waals surface area contributed by atoms with Gasteiger partial charge in [-0.05, 0) is 27.8 Å². The molecule has 2 aromatic heterocycles. The lowest BCUT2D eigenvalue weighted by Gasteiger charge is -2.26. The van der Waals surface area contributed by atoms with E-state index in [4.69, 9.17) is 24.7 Å². The van der Waals surface area contributed by atoms with Gasteiger partial charge in [0.2, 0.25) is 0 Å². The third kappa shape index (κ3) is 3.78. The number of carbonyl (C=O) groups excluding carboxylic acids is 1. The van der Waals surface area contributed by atoms with E-state index in [1.54, 1.807) is 17.8 Å². The first-order chi connectivity index (χ1) is 13.8. The molecule has 0 amide bonds. The van der Waals surface area contributed by atoms with Crippen LogP contribution in [-0.2, 0) is 23.7 Å². The number of likely N-dealkylation sites (N-methyl/N-ethyl adjacent to an activating group) is 1. The lowest BCUT2D eigenvalue weighted by atomic mass is 10.1. The minimum absolute atomic E-state index is 0.164. The van der Waals surface area contributed by atoms with Crippen LogP contribution in [-0.4, -0.2) is 81.2 Å². The number of esters is 1. The second-order valence-corrected chi connectivity index (χ2v) is 7.71. The van der Waals surface area contributed by atoms with Gasteiger partial charge in [-0.1, -0.05) is 0 Å². The Labute approximate surface area is 168 Å². The van der Waals surface area contributed by atoms with Gasteiger partial charge in [0.15, 0.2) is 23.5 Å². The number of hydrogen-bond donors (Lipinski definition) is 1. The normalized spacial score (nSPS) is 28.2. The number of ether oxygens (including phenoxy) is 4. The maximum absolute atomic E-state index is 11.8. The highest BCUT2D eigenvalue weighted by molar-refractivity contribution is 5.81. The Morgan fingerprint density at radius 3 is 2.83 bits per heavy atom. The van der Waals surface area contributed by atoms with Crippen molar-refractivity contribution in [1.29, 1.82) is 0 Å². The molecule has 29 heavy (non-hydrogen) atoms. The predicted molar refractivity (Wildman–Crippen MR) is 102 cm³/mol. The minimum Gasteiger partial charge on any atom is -0.465 e. The molecule has 0 spiro atoms. The minimum atomic E-state index is -0.750. The van der Waals surface area contributed by atoms with E-state index in [9.17, 15) is 4.79 Å². The molecular weight excluding hydrogens is 380 g/mol. The predicted octanol–water partition coefficient (Wildman–Crippen LogP) is 0.321. The molecule has 0 bridgehead atoms. The molecule has 11 heteroatoms. The van der Waals surface area contributed by atoms with Gasteiger partial charge in [0.25, 0.3) is 0 Å². The molecular formula is C18H26N6O5. The Kier molecular flexibility index (Phi) is 5.15. The number of nitrogens with zero attached hydrogens (tertiary/aromatic N) is 5. The highest BCUT2D eigenvalue weighted by Gasteiger charge is 2.56. The summed E-state index contributed by atoms with van der Waals surface area (Å²) in [6, 6.07) is 0. The standard InChI is InChI=1S/C18H26N6O5/c1-5-26-11(25)7-23(4)6-10-13-14(29-18(2,3)28-13)17(27-10)24-9-22-12-15(19)20-8-21-16(12)24/h8-10,13-14,17H,5-7H2,1-4H3,(H2,19,20,21)/t10-,13?,14+,17-/m1/s1. The maximum Gasteiger partial charge on any atom is 0.320 e. The highest BCUT2D eigenvalue weighted by Crippen LogP contribution is 2.43. The quantitative estimate of drug-likeness (QED) is 0.670. The van der Waals surface area contributed by atoms with E-state index >= 15 is 0 Å². The van der Waals surface area contributed by atoms with Gasteiger partial charge >= 0.3 is 5.97 Å². The molecule has 2 N–H and O–H groups in total. The number of hydrogen-bond acceptors (Lipinski definition) is 10. The van der Waals surface area contributed by atoms with Crippen molar-refractivity contribution in [2.24, 2.45) is 0 Å². The first-order valence-electron chi connectivity index (χ1n) is 9.57. The molecule has 11 nitrogen and oxygen atoms in total. The van der Waals surface area contributed by atoms with Crippen LogP contribution in [0, 0.1) is 0 Å². The van der Waals surface area contributed by atoms with Crippen molar-refractivity contribution in [2.45, 2.75) is 51.1 Å². The summed E-state index contributed by atoms with van der Waals surface area (Å²) in [5, 5.41) is 0. The highest BCUT2D eigenvalue weighted by atomic mass is 16.8. The SMILES string of the molecule is CCOC(=O)CN(C)C[C@H]1O[C@@H](n2cnc3c(N)ncnc32)[C@H]2OC(C)(C)OC12. The first-order valence-corrected chi connectivity index (χ1v) is 9.57.